The number of nitrogens with one attached hydrogen (secondary N) is 2. The third kappa shape index (κ3) is 9.05. The first kappa shape index (κ1) is 47.4. The number of hydrogen-bond donors (Lipinski definition) is 2. The standard InChI is InChI=1S/C49H64N10O8/c1-10-40(60)56-22-18-49(28-56)19-23-58(49)47(64)55(8)44(54(6)7)43(61)52-36-25-39-51-37(27-66-39)31-16-17-38-33(24-31)34(42(57(38)11-2)32-14-12-20-50-41(32)30(3)65-9)26-48(4,5)29-67-46(63)35-15-13-21-59(53-35)45(36)62/h10,12,14,16-17,20,24,27,30,35-36,44,53H,1,11,13,15,18-19,21-23,25-26,28-29H2,2-9H3,(H,52,61)/t30-,35?,36-,44+,49-/m0/s1. The van der Waals surface area contributed by atoms with Crippen molar-refractivity contribution in [2.75, 3.05) is 61.0 Å². The molecule has 1 unspecified atom stereocenters. The maximum atomic E-state index is 14.6. The highest BCUT2D eigenvalue weighted by molar-refractivity contribution is 5.95. The molecule has 5 amide bonds. The molecule has 1 aromatic carbocycles. The van der Waals surface area contributed by atoms with Crippen molar-refractivity contribution < 1.29 is 37.9 Å². The zero-order chi connectivity index (χ0) is 47.9. The van der Waals surface area contributed by atoms with Crippen LogP contribution in [0.15, 0.2) is 59.9 Å². The van der Waals surface area contributed by atoms with E-state index in [1.165, 1.54) is 16.0 Å². The van der Waals surface area contributed by atoms with E-state index in [1.807, 2.05) is 19.1 Å². The molecule has 358 valence electrons. The number of likely N-dealkylation sites (tertiary alicyclic amines) is 2. The van der Waals surface area contributed by atoms with Crippen molar-refractivity contribution in [2.24, 2.45) is 5.41 Å². The van der Waals surface area contributed by atoms with Crippen molar-refractivity contribution in [1.29, 1.82) is 0 Å². The number of fused-ring (bicyclic) bond motifs is 6. The molecule has 5 atom stereocenters. The number of hydrogen-bond acceptors (Lipinski definition) is 12. The number of pyridine rings is 1. The van der Waals surface area contributed by atoms with Gasteiger partial charge >= 0.3 is 12.0 Å². The molecule has 18 nitrogen and oxygen atoms in total. The third-order valence-corrected chi connectivity index (χ3v) is 14.0. The van der Waals surface area contributed by atoms with E-state index in [9.17, 15) is 24.0 Å². The maximum absolute atomic E-state index is 14.6. The highest BCUT2D eigenvalue weighted by atomic mass is 16.5. The van der Waals surface area contributed by atoms with Crippen LogP contribution in [0, 0.1) is 5.41 Å². The van der Waals surface area contributed by atoms with Crippen LogP contribution < -0.4 is 10.7 Å². The molecule has 0 radical (unpaired) electrons. The Bertz CT molecular complexity index is 2570. The van der Waals surface area contributed by atoms with Gasteiger partial charge in [0.2, 0.25) is 5.91 Å². The lowest BCUT2D eigenvalue weighted by Gasteiger charge is -2.52. The summed E-state index contributed by atoms with van der Waals surface area (Å²) in [6.07, 6.45) is 5.94. The number of rotatable bonds is 9. The predicted molar refractivity (Wildman–Crippen MR) is 250 cm³/mol. The first-order chi connectivity index (χ1) is 32.0. The predicted octanol–water partition coefficient (Wildman–Crippen LogP) is 4.54. The van der Waals surface area contributed by atoms with Crippen LogP contribution in [0.1, 0.15) is 76.6 Å². The number of esters is 1. The van der Waals surface area contributed by atoms with Gasteiger partial charge in [-0.15, -0.1) is 0 Å². The molecule has 2 N–H and O–H groups in total. The molecule has 6 bridgehead atoms. The van der Waals surface area contributed by atoms with Crippen LogP contribution in [-0.2, 0) is 48.0 Å². The molecule has 4 aliphatic rings. The molecule has 3 aromatic heterocycles. The summed E-state index contributed by atoms with van der Waals surface area (Å²) < 4.78 is 20.3. The van der Waals surface area contributed by atoms with Crippen LogP contribution in [0.4, 0.5) is 4.79 Å². The minimum absolute atomic E-state index is 0.109. The smallest absolute Gasteiger partial charge is 0.324 e. The Morgan fingerprint density at radius 3 is 2.60 bits per heavy atom. The number of amides is 5. The Labute approximate surface area is 391 Å². The summed E-state index contributed by atoms with van der Waals surface area (Å²) in [4.78, 5) is 85.8. The molecule has 67 heavy (non-hydrogen) atoms. The van der Waals surface area contributed by atoms with Crippen LogP contribution >= 0.6 is 0 Å². The van der Waals surface area contributed by atoms with Crippen molar-refractivity contribution in [1.82, 2.24) is 49.9 Å². The highest BCUT2D eigenvalue weighted by Gasteiger charge is 2.53. The summed E-state index contributed by atoms with van der Waals surface area (Å²) in [5.74, 6) is -1.56. The van der Waals surface area contributed by atoms with Gasteiger partial charge in [0.15, 0.2) is 12.1 Å². The fourth-order valence-corrected chi connectivity index (χ4v) is 10.3. The fraction of sp³-hybridized carbons (Fsp3) is 0.531. The number of carbonyl (C=O) groups excluding carboxylic acids is 5. The first-order valence-corrected chi connectivity index (χ1v) is 23.2. The molecule has 4 aliphatic heterocycles. The van der Waals surface area contributed by atoms with Gasteiger partial charge in [-0.05, 0) is 96.0 Å². The van der Waals surface area contributed by atoms with Gasteiger partial charge in [0.1, 0.15) is 24.0 Å². The van der Waals surface area contributed by atoms with Gasteiger partial charge in [-0.1, -0.05) is 26.5 Å². The molecular weight excluding hydrogens is 857 g/mol. The average Bonchev–Trinajstić information content (AvgIpc) is 4.06. The Morgan fingerprint density at radius 2 is 1.90 bits per heavy atom. The Morgan fingerprint density at radius 1 is 1.12 bits per heavy atom. The van der Waals surface area contributed by atoms with Crippen molar-refractivity contribution in [3.8, 4) is 22.5 Å². The van der Waals surface area contributed by atoms with E-state index in [4.69, 9.17) is 23.9 Å². The van der Waals surface area contributed by atoms with E-state index in [0.29, 0.717) is 57.6 Å². The zero-order valence-corrected chi connectivity index (χ0v) is 40.0. The molecule has 7 heterocycles. The number of likely N-dealkylation sites (N-methyl/N-ethyl adjacent to an activating group) is 2. The summed E-state index contributed by atoms with van der Waals surface area (Å²) >= 11 is 0. The normalized spacial score (nSPS) is 22.9. The summed E-state index contributed by atoms with van der Waals surface area (Å²) in [6, 6.07) is 7.78. The van der Waals surface area contributed by atoms with Gasteiger partial charge in [0.05, 0.1) is 36.1 Å². The lowest BCUT2D eigenvalue weighted by atomic mass is 9.84. The second kappa shape index (κ2) is 18.9. The lowest BCUT2D eigenvalue weighted by molar-refractivity contribution is -0.155. The van der Waals surface area contributed by atoms with Crippen LogP contribution in [0.3, 0.4) is 0 Å². The van der Waals surface area contributed by atoms with E-state index >= 15 is 0 Å². The second-order valence-electron chi connectivity index (χ2n) is 19.3. The summed E-state index contributed by atoms with van der Waals surface area (Å²) in [7, 11) is 6.61. The number of ether oxygens (including phenoxy) is 2. The Hall–Kier alpha value is -6.11. The minimum Gasteiger partial charge on any atom is -0.464 e. The average molecular weight is 921 g/mol. The Kier molecular flexibility index (Phi) is 13.4. The fourth-order valence-electron chi connectivity index (χ4n) is 10.3. The van der Waals surface area contributed by atoms with Crippen molar-refractivity contribution in [2.45, 2.75) is 103 Å². The zero-order valence-electron chi connectivity index (χ0n) is 40.0. The van der Waals surface area contributed by atoms with Gasteiger partial charge in [0, 0.05) is 80.5 Å². The number of aromatic nitrogens is 3. The number of carbonyl (C=O) groups is 5. The van der Waals surface area contributed by atoms with Crippen molar-refractivity contribution >= 4 is 40.6 Å². The first-order valence-electron chi connectivity index (χ1n) is 23.2. The number of cyclic esters (lactones) is 1. The van der Waals surface area contributed by atoms with Crippen LogP contribution in [0.25, 0.3) is 33.4 Å². The number of oxazole rings is 1. The molecule has 8 rings (SSSR count). The van der Waals surface area contributed by atoms with Crippen molar-refractivity contribution in [3.63, 3.8) is 0 Å². The number of methoxy groups -OCH3 is 1. The molecule has 3 fully saturated rings. The number of nitrogens with zero attached hydrogens (tertiary/aromatic N) is 8. The number of hydrazine groups is 1. The topological polar surface area (TPSA) is 188 Å². The number of urea groups is 1. The van der Waals surface area contributed by atoms with Crippen LogP contribution in [0.2, 0.25) is 0 Å². The summed E-state index contributed by atoms with van der Waals surface area (Å²) in [5, 5.41) is 5.30. The van der Waals surface area contributed by atoms with Crippen molar-refractivity contribution in [3.05, 3.63) is 72.6 Å². The van der Waals surface area contributed by atoms with Crippen LogP contribution in [-0.4, -0.2) is 154 Å². The molecular formula is C49H64N10O8. The lowest BCUT2D eigenvalue weighted by Crippen LogP contribution is -2.69. The van der Waals surface area contributed by atoms with E-state index in [2.05, 4.69) is 60.9 Å². The highest BCUT2D eigenvalue weighted by Crippen LogP contribution is 2.43. The molecule has 1 spiro atoms. The minimum atomic E-state index is -1.22. The van der Waals surface area contributed by atoms with Gasteiger partial charge < -0.3 is 38.5 Å². The number of benzene rings is 1. The summed E-state index contributed by atoms with van der Waals surface area (Å²) in [5.41, 5.74) is 8.23. The van der Waals surface area contributed by atoms with E-state index < -0.39 is 47.0 Å². The molecule has 0 aliphatic carbocycles. The molecule has 4 aromatic rings. The molecule has 0 saturated carbocycles. The Balaban J connectivity index is 1.14. The maximum Gasteiger partial charge on any atom is 0.324 e. The van der Waals surface area contributed by atoms with E-state index in [1.54, 1.807) is 55.4 Å². The monoisotopic (exact) mass is 920 g/mol. The largest absolute Gasteiger partial charge is 0.464 e. The van der Waals surface area contributed by atoms with Gasteiger partial charge in [-0.3, -0.25) is 34.1 Å². The van der Waals surface area contributed by atoms with Crippen LogP contribution in [0.5, 0.6) is 0 Å². The van der Waals surface area contributed by atoms with E-state index in [0.717, 1.165) is 45.4 Å². The number of aryl methyl sites for hydroxylation is 1. The molecule has 18 heteroatoms. The van der Waals surface area contributed by atoms with Gasteiger partial charge in [-0.25, -0.2) is 15.2 Å². The van der Waals surface area contributed by atoms with Gasteiger partial charge in [0.25, 0.3) is 11.8 Å². The third-order valence-electron chi connectivity index (χ3n) is 14.0. The quantitative estimate of drug-likeness (QED) is 0.136. The SMILES string of the molecule is C=CC(=O)N1CC[C@]2(CCN2C(=O)N(C)[C@H](C(=O)N[C@H]2Cc3nc(co3)-c3ccc4c(c3)c(c(-c3cccnc3[C@H](C)OC)n4CC)CC(C)(C)COC(=O)C3CCCN(N3)C2=O)N(C)C)C1. The molecule has 3 saturated heterocycles. The van der Waals surface area contributed by atoms with Gasteiger partial charge in [-0.2, -0.15) is 0 Å². The van der Waals surface area contributed by atoms with E-state index in [-0.39, 0.29) is 43.5 Å². The summed E-state index contributed by atoms with van der Waals surface area (Å²) in [6.45, 7) is 14.3. The second-order valence-corrected chi connectivity index (χ2v) is 19.3.